The van der Waals surface area contributed by atoms with E-state index < -0.39 is 0 Å². The molecule has 0 aliphatic carbocycles. The summed E-state index contributed by atoms with van der Waals surface area (Å²) < 4.78 is 0. The van der Waals surface area contributed by atoms with E-state index in [1.807, 2.05) is 36.4 Å². The molecule has 1 aromatic heterocycles. The number of rotatable bonds is 3. The molecule has 3 unspecified atom stereocenters. The number of thiophene rings is 1. The predicted molar refractivity (Wildman–Crippen MR) is 94.6 cm³/mol. The van der Waals surface area contributed by atoms with Crippen LogP contribution in [0.2, 0.25) is 0 Å². The van der Waals surface area contributed by atoms with Crippen molar-refractivity contribution >= 4 is 22.9 Å². The van der Waals surface area contributed by atoms with Crippen LogP contribution in [-0.2, 0) is 0 Å². The van der Waals surface area contributed by atoms with Crippen molar-refractivity contribution in [2.45, 2.75) is 18.9 Å². The number of carbonyl (C=O) groups excluding carboxylic acids is 1. The maximum Gasteiger partial charge on any atom is 0.261 e. The predicted octanol–water partition coefficient (Wildman–Crippen LogP) is 2.82. The molecule has 2 aliphatic rings. The summed E-state index contributed by atoms with van der Waals surface area (Å²) in [5.74, 6) is 0.817. The highest BCUT2D eigenvalue weighted by molar-refractivity contribution is 7.17. The van der Waals surface area contributed by atoms with Gasteiger partial charge in [0.2, 0.25) is 0 Å². The standard InChI is InChI=1S/C18H21N3OS/c19-14-3-1-2-13(9-14)16-4-5-17(23-16)18(22)20-15-8-12-6-7-21(10-12)11-15/h1-5,9,12,15H,6-8,10-11,19H2,(H,20,22). The summed E-state index contributed by atoms with van der Waals surface area (Å²) in [6.07, 6.45) is 2.40. The highest BCUT2D eigenvalue weighted by Gasteiger charge is 2.33. The van der Waals surface area contributed by atoms with Crippen molar-refractivity contribution in [3.63, 3.8) is 0 Å². The fraction of sp³-hybridized carbons (Fsp3) is 0.389. The van der Waals surface area contributed by atoms with Gasteiger partial charge >= 0.3 is 0 Å². The van der Waals surface area contributed by atoms with E-state index in [-0.39, 0.29) is 5.91 Å². The van der Waals surface area contributed by atoms with Gasteiger partial charge in [0.25, 0.3) is 5.91 Å². The minimum atomic E-state index is 0.0534. The first-order valence-electron chi connectivity index (χ1n) is 8.16. The molecule has 1 amide bonds. The van der Waals surface area contributed by atoms with E-state index in [0.29, 0.717) is 6.04 Å². The average molecular weight is 327 g/mol. The van der Waals surface area contributed by atoms with Crippen molar-refractivity contribution in [3.8, 4) is 10.4 Å². The molecule has 3 atom stereocenters. The van der Waals surface area contributed by atoms with Crippen LogP contribution in [0.15, 0.2) is 36.4 Å². The van der Waals surface area contributed by atoms with Crippen molar-refractivity contribution in [3.05, 3.63) is 41.3 Å². The third-order valence-corrected chi connectivity index (χ3v) is 5.94. The Balaban J connectivity index is 1.45. The summed E-state index contributed by atoms with van der Waals surface area (Å²) in [5, 5.41) is 3.22. The fourth-order valence-electron chi connectivity index (χ4n) is 3.73. The molecule has 0 spiro atoms. The first-order valence-corrected chi connectivity index (χ1v) is 8.98. The Labute approximate surface area is 140 Å². The molecule has 2 aliphatic heterocycles. The monoisotopic (exact) mass is 327 g/mol. The molecule has 1 aromatic carbocycles. The zero-order valence-electron chi connectivity index (χ0n) is 13.0. The number of fused-ring (bicyclic) bond motifs is 2. The Hall–Kier alpha value is -1.85. The zero-order valence-corrected chi connectivity index (χ0v) is 13.8. The van der Waals surface area contributed by atoms with Gasteiger partial charge in [-0.2, -0.15) is 0 Å². The number of anilines is 1. The van der Waals surface area contributed by atoms with Gasteiger partial charge in [-0.15, -0.1) is 11.3 Å². The first kappa shape index (κ1) is 14.7. The van der Waals surface area contributed by atoms with Gasteiger partial charge in [0.1, 0.15) is 0 Å². The summed E-state index contributed by atoms with van der Waals surface area (Å²) in [7, 11) is 0. The average Bonchev–Trinajstić information content (AvgIpc) is 3.14. The van der Waals surface area contributed by atoms with E-state index in [1.54, 1.807) is 0 Å². The molecule has 23 heavy (non-hydrogen) atoms. The van der Waals surface area contributed by atoms with Crippen molar-refractivity contribution in [2.75, 3.05) is 25.4 Å². The maximum absolute atomic E-state index is 12.5. The second kappa shape index (κ2) is 5.98. The maximum atomic E-state index is 12.5. The normalized spacial score (nSPS) is 26.2. The SMILES string of the molecule is Nc1cccc(-c2ccc(C(=O)NC3CC4CCN(C4)C3)s2)c1. The number of nitrogens with one attached hydrogen (secondary N) is 1. The van der Waals surface area contributed by atoms with E-state index in [0.717, 1.165) is 39.9 Å². The number of hydrogen-bond acceptors (Lipinski definition) is 4. The second-order valence-corrected chi connectivity index (χ2v) is 7.69. The van der Waals surface area contributed by atoms with Crippen LogP contribution in [0.3, 0.4) is 0 Å². The molecular formula is C18H21N3OS. The van der Waals surface area contributed by atoms with E-state index in [2.05, 4.69) is 10.2 Å². The largest absolute Gasteiger partial charge is 0.399 e. The number of hydrogen-bond donors (Lipinski definition) is 2. The van der Waals surface area contributed by atoms with Crippen LogP contribution >= 0.6 is 11.3 Å². The van der Waals surface area contributed by atoms with Gasteiger partial charge in [-0.25, -0.2) is 0 Å². The van der Waals surface area contributed by atoms with Gasteiger partial charge in [-0.1, -0.05) is 12.1 Å². The van der Waals surface area contributed by atoms with Crippen LogP contribution in [-0.4, -0.2) is 36.5 Å². The van der Waals surface area contributed by atoms with E-state index in [1.165, 1.54) is 30.8 Å². The summed E-state index contributed by atoms with van der Waals surface area (Å²) >= 11 is 1.53. The van der Waals surface area contributed by atoms with Crippen LogP contribution in [0.25, 0.3) is 10.4 Å². The highest BCUT2D eigenvalue weighted by Crippen LogP contribution is 2.30. The molecule has 5 heteroatoms. The summed E-state index contributed by atoms with van der Waals surface area (Å²) in [5.41, 5.74) is 7.65. The zero-order chi connectivity index (χ0) is 15.8. The van der Waals surface area contributed by atoms with E-state index in [4.69, 9.17) is 5.73 Å². The molecule has 2 bridgehead atoms. The first-order chi connectivity index (χ1) is 11.2. The van der Waals surface area contributed by atoms with Gasteiger partial charge in [0, 0.05) is 29.7 Å². The Morgan fingerprint density at radius 3 is 3.00 bits per heavy atom. The lowest BCUT2D eigenvalue weighted by atomic mass is 9.97. The summed E-state index contributed by atoms with van der Waals surface area (Å²) in [6, 6.07) is 12.0. The number of nitrogens with two attached hydrogens (primary N) is 1. The molecule has 2 aromatic rings. The van der Waals surface area contributed by atoms with Crippen molar-refractivity contribution in [2.24, 2.45) is 5.92 Å². The number of piperidine rings is 1. The van der Waals surface area contributed by atoms with Crippen LogP contribution in [0.5, 0.6) is 0 Å². The van der Waals surface area contributed by atoms with Crippen molar-refractivity contribution < 1.29 is 4.79 Å². The molecule has 2 saturated heterocycles. The molecule has 0 saturated carbocycles. The lowest BCUT2D eigenvalue weighted by Crippen LogP contribution is -2.46. The van der Waals surface area contributed by atoms with Crippen molar-refractivity contribution in [1.82, 2.24) is 10.2 Å². The van der Waals surface area contributed by atoms with Gasteiger partial charge in [-0.3, -0.25) is 4.79 Å². The molecule has 3 N–H and O–H groups in total. The number of amides is 1. The van der Waals surface area contributed by atoms with Crippen LogP contribution < -0.4 is 11.1 Å². The third-order valence-electron chi connectivity index (χ3n) is 4.80. The van der Waals surface area contributed by atoms with Gasteiger partial charge in [-0.05, 0) is 55.1 Å². The fourth-order valence-corrected chi connectivity index (χ4v) is 4.63. The Morgan fingerprint density at radius 2 is 2.17 bits per heavy atom. The van der Waals surface area contributed by atoms with Crippen molar-refractivity contribution in [1.29, 1.82) is 0 Å². The second-order valence-electron chi connectivity index (χ2n) is 6.61. The number of carbonyl (C=O) groups is 1. The molecule has 120 valence electrons. The van der Waals surface area contributed by atoms with Crippen LogP contribution in [0.4, 0.5) is 5.69 Å². The molecule has 2 fully saturated rings. The highest BCUT2D eigenvalue weighted by atomic mass is 32.1. The minimum absolute atomic E-state index is 0.0534. The lowest BCUT2D eigenvalue weighted by molar-refractivity contribution is 0.0913. The molecule has 3 heterocycles. The molecular weight excluding hydrogens is 306 g/mol. The van der Waals surface area contributed by atoms with E-state index >= 15 is 0 Å². The Kier molecular flexibility index (Phi) is 3.83. The van der Waals surface area contributed by atoms with Gasteiger partial charge < -0.3 is 16.0 Å². The van der Waals surface area contributed by atoms with Crippen LogP contribution in [0.1, 0.15) is 22.5 Å². The quantitative estimate of drug-likeness (QED) is 0.852. The topological polar surface area (TPSA) is 58.4 Å². The van der Waals surface area contributed by atoms with E-state index in [9.17, 15) is 4.79 Å². The Bertz CT molecular complexity index is 715. The van der Waals surface area contributed by atoms with Gasteiger partial charge in [0.05, 0.1) is 4.88 Å². The third kappa shape index (κ3) is 3.12. The molecule has 0 radical (unpaired) electrons. The number of nitrogen functional groups attached to an aromatic ring is 1. The number of nitrogens with zero attached hydrogens (tertiary/aromatic N) is 1. The molecule has 4 rings (SSSR count). The van der Waals surface area contributed by atoms with Gasteiger partial charge in [0.15, 0.2) is 0 Å². The lowest BCUT2D eigenvalue weighted by Gasteiger charge is -2.30. The molecule has 4 nitrogen and oxygen atoms in total. The summed E-state index contributed by atoms with van der Waals surface area (Å²) in [6.45, 7) is 3.40. The van der Waals surface area contributed by atoms with Crippen LogP contribution in [0, 0.1) is 5.92 Å². The minimum Gasteiger partial charge on any atom is -0.399 e. The Morgan fingerprint density at radius 1 is 1.26 bits per heavy atom. The summed E-state index contributed by atoms with van der Waals surface area (Å²) in [4.78, 5) is 16.8. The smallest absolute Gasteiger partial charge is 0.261 e. The number of benzene rings is 1.